The third kappa shape index (κ3) is 24.5. The van der Waals surface area contributed by atoms with Crippen molar-refractivity contribution in [3.05, 3.63) is 12.7 Å². The van der Waals surface area contributed by atoms with Crippen LogP contribution in [-0.2, 0) is 0 Å². The first-order chi connectivity index (χ1) is 6.33. The molecule has 0 heterocycles. The van der Waals surface area contributed by atoms with Crippen LogP contribution in [0.15, 0.2) is 12.7 Å². The molecule has 0 unspecified atom stereocenters. The Morgan fingerprint density at radius 1 is 1.00 bits per heavy atom. The van der Waals surface area contributed by atoms with Crippen molar-refractivity contribution in [2.75, 3.05) is 13.2 Å². The number of allylic oxidation sites excluding steroid dienone is 1. The SMILES string of the molecule is C=CCCCCCCC.OCCO. The van der Waals surface area contributed by atoms with E-state index in [0.717, 1.165) is 0 Å². The highest BCUT2D eigenvalue weighted by molar-refractivity contribution is 4.65. The lowest BCUT2D eigenvalue weighted by Gasteiger charge is -1.94. The van der Waals surface area contributed by atoms with E-state index in [1.165, 1.54) is 38.5 Å². The molecule has 0 atom stereocenters. The van der Waals surface area contributed by atoms with Crippen molar-refractivity contribution in [1.82, 2.24) is 0 Å². The van der Waals surface area contributed by atoms with Crippen LogP contribution in [0, 0.1) is 0 Å². The maximum absolute atomic E-state index is 7.62. The van der Waals surface area contributed by atoms with Crippen molar-refractivity contribution >= 4 is 0 Å². The van der Waals surface area contributed by atoms with E-state index in [9.17, 15) is 0 Å². The van der Waals surface area contributed by atoms with Gasteiger partial charge in [0.25, 0.3) is 0 Å². The van der Waals surface area contributed by atoms with Crippen LogP contribution in [0.1, 0.15) is 45.4 Å². The van der Waals surface area contributed by atoms with Gasteiger partial charge in [-0.1, -0.05) is 38.7 Å². The van der Waals surface area contributed by atoms with E-state index in [1.54, 1.807) is 0 Å². The Hall–Kier alpha value is -0.340. The summed E-state index contributed by atoms with van der Waals surface area (Å²) in [5.74, 6) is 0. The highest BCUT2D eigenvalue weighted by Gasteiger charge is 1.84. The van der Waals surface area contributed by atoms with Crippen molar-refractivity contribution < 1.29 is 10.2 Å². The highest BCUT2D eigenvalue weighted by Crippen LogP contribution is 2.04. The van der Waals surface area contributed by atoms with Crippen LogP contribution in [0.3, 0.4) is 0 Å². The first-order valence-electron chi connectivity index (χ1n) is 5.16. The molecule has 2 nitrogen and oxygen atoms in total. The summed E-state index contributed by atoms with van der Waals surface area (Å²) in [5.41, 5.74) is 0. The largest absolute Gasteiger partial charge is 0.394 e. The van der Waals surface area contributed by atoms with E-state index >= 15 is 0 Å². The maximum atomic E-state index is 7.62. The van der Waals surface area contributed by atoms with E-state index in [-0.39, 0.29) is 13.2 Å². The Kier molecular flexibility index (Phi) is 20.6. The third-order valence-corrected chi connectivity index (χ3v) is 1.61. The van der Waals surface area contributed by atoms with Crippen molar-refractivity contribution in [2.24, 2.45) is 0 Å². The third-order valence-electron chi connectivity index (χ3n) is 1.61. The molecule has 0 aliphatic heterocycles. The van der Waals surface area contributed by atoms with E-state index in [1.807, 2.05) is 6.08 Å². The quantitative estimate of drug-likeness (QED) is 0.476. The predicted octanol–water partition coefficient (Wildman–Crippen LogP) is 2.50. The summed E-state index contributed by atoms with van der Waals surface area (Å²) in [4.78, 5) is 0. The molecule has 0 aromatic carbocycles. The maximum Gasteiger partial charge on any atom is 0.0662 e. The number of aliphatic hydroxyl groups excluding tert-OH is 2. The number of aliphatic hydroxyl groups is 2. The molecule has 0 saturated heterocycles. The van der Waals surface area contributed by atoms with Crippen LogP contribution >= 0.6 is 0 Å². The van der Waals surface area contributed by atoms with Crippen LogP contribution < -0.4 is 0 Å². The molecule has 2 N–H and O–H groups in total. The molecule has 0 fully saturated rings. The fraction of sp³-hybridized carbons (Fsp3) is 0.818. The number of rotatable bonds is 7. The summed E-state index contributed by atoms with van der Waals surface area (Å²) in [6.07, 6.45) is 10.1. The minimum atomic E-state index is -0.125. The van der Waals surface area contributed by atoms with Crippen LogP contribution in [0.25, 0.3) is 0 Å². The molecule has 80 valence electrons. The molecule has 0 radical (unpaired) electrons. The van der Waals surface area contributed by atoms with E-state index in [4.69, 9.17) is 10.2 Å². The second-order valence-corrected chi connectivity index (χ2v) is 2.94. The smallest absolute Gasteiger partial charge is 0.0662 e. The fourth-order valence-electron chi connectivity index (χ4n) is 0.892. The minimum Gasteiger partial charge on any atom is -0.394 e. The Labute approximate surface area is 82.3 Å². The van der Waals surface area contributed by atoms with Gasteiger partial charge in [-0.2, -0.15) is 0 Å². The van der Waals surface area contributed by atoms with Gasteiger partial charge in [0.2, 0.25) is 0 Å². The van der Waals surface area contributed by atoms with Crippen LogP contribution in [0.2, 0.25) is 0 Å². The molecule has 0 aromatic rings. The Bertz CT molecular complexity index is 80.2. The second-order valence-electron chi connectivity index (χ2n) is 2.94. The van der Waals surface area contributed by atoms with E-state index < -0.39 is 0 Å². The van der Waals surface area contributed by atoms with Crippen molar-refractivity contribution in [2.45, 2.75) is 45.4 Å². The molecule has 0 rings (SSSR count). The lowest BCUT2D eigenvalue weighted by molar-refractivity contribution is 0.186. The predicted molar refractivity (Wildman–Crippen MR) is 57.7 cm³/mol. The molecular weight excluding hydrogens is 164 g/mol. The van der Waals surface area contributed by atoms with Crippen molar-refractivity contribution in [1.29, 1.82) is 0 Å². The lowest BCUT2D eigenvalue weighted by atomic mass is 10.1. The van der Waals surface area contributed by atoms with Gasteiger partial charge in [0.15, 0.2) is 0 Å². The number of hydrogen-bond acceptors (Lipinski definition) is 2. The molecule has 0 aliphatic rings. The van der Waals surface area contributed by atoms with Crippen molar-refractivity contribution in [3.8, 4) is 0 Å². The Morgan fingerprint density at radius 3 is 1.92 bits per heavy atom. The van der Waals surface area contributed by atoms with Gasteiger partial charge in [0.1, 0.15) is 0 Å². The summed E-state index contributed by atoms with van der Waals surface area (Å²) in [5, 5.41) is 15.2. The topological polar surface area (TPSA) is 40.5 Å². The van der Waals surface area contributed by atoms with E-state index in [2.05, 4.69) is 13.5 Å². The van der Waals surface area contributed by atoms with Crippen LogP contribution in [0.4, 0.5) is 0 Å². The minimum absolute atomic E-state index is 0.125. The summed E-state index contributed by atoms with van der Waals surface area (Å²) in [7, 11) is 0. The second kappa shape index (κ2) is 17.7. The molecular formula is C11H24O2. The lowest BCUT2D eigenvalue weighted by Crippen LogP contribution is -1.85. The monoisotopic (exact) mass is 188 g/mol. The van der Waals surface area contributed by atoms with E-state index in [0.29, 0.717) is 0 Å². The van der Waals surface area contributed by atoms with Gasteiger partial charge in [0, 0.05) is 0 Å². The normalized spacial score (nSPS) is 8.85. The molecule has 0 amide bonds. The molecule has 2 heteroatoms. The molecule has 0 saturated carbocycles. The first kappa shape index (κ1) is 15.1. The highest BCUT2D eigenvalue weighted by atomic mass is 16.3. The Balaban J connectivity index is 0. The zero-order valence-electron chi connectivity index (χ0n) is 8.84. The van der Waals surface area contributed by atoms with Gasteiger partial charge in [-0.25, -0.2) is 0 Å². The van der Waals surface area contributed by atoms with Crippen LogP contribution in [-0.4, -0.2) is 23.4 Å². The molecule has 0 bridgehead atoms. The molecule has 0 aliphatic carbocycles. The van der Waals surface area contributed by atoms with Crippen molar-refractivity contribution in [3.63, 3.8) is 0 Å². The standard InChI is InChI=1S/C9H18.C2H6O2/c1-3-5-7-9-8-6-4-2;3-1-2-4/h3H,1,4-9H2,2H3;3-4H,1-2H2. The van der Waals surface area contributed by atoms with Crippen LogP contribution in [0.5, 0.6) is 0 Å². The summed E-state index contributed by atoms with van der Waals surface area (Å²) in [6, 6.07) is 0. The molecule has 0 aromatic heterocycles. The number of unbranched alkanes of at least 4 members (excludes halogenated alkanes) is 5. The zero-order chi connectivity index (χ0) is 10.4. The Morgan fingerprint density at radius 2 is 1.54 bits per heavy atom. The average molecular weight is 188 g/mol. The zero-order valence-corrected chi connectivity index (χ0v) is 8.84. The first-order valence-corrected chi connectivity index (χ1v) is 5.16. The number of hydrogen-bond donors (Lipinski definition) is 2. The molecule has 13 heavy (non-hydrogen) atoms. The van der Waals surface area contributed by atoms with Gasteiger partial charge < -0.3 is 10.2 Å². The van der Waals surface area contributed by atoms with Gasteiger partial charge in [0.05, 0.1) is 13.2 Å². The van der Waals surface area contributed by atoms with Gasteiger partial charge in [-0.15, -0.1) is 6.58 Å². The summed E-state index contributed by atoms with van der Waals surface area (Å²) >= 11 is 0. The van der Waals surface area contributed by atoms with Gasteiger partial charge >= 0.3 is 0 Å². The fourth-order valence-corrected chi connectivity index (χ4v) is 0.892. The van der Waals surface area contributed by atoms with Gasteiger partial charge in [-0.3, -0.25) is 0 Å². The summed E-state index contributed by atoms with van der Waals surface area (Å²) < 4.78 is 0. The van der Waals surface area contributed by atoms with Gasteiger partial charge in [-0.05, 0) is 12.8 Å². The average Bonchev–Trinajstić information content (AvgIpc) is 2.18. The summed E-state index contributed by atoms with van der Waals surface area (Å²) in [6.45, 7) is 5.67. The molecule has 0 spiro atoms.